The van der Waals surface area contributed by atoms with Crippen molar-refractivity contribution < 1.29 is 19.0 Å². The van der Waals surface area contributed by atoms with Crippen molar-refractivity contribution in [1.82, 2.24) is 0 Å². The second-order valence-electron chi connectivity index (χ2n) is 4.01. The molecule has 6 nitrogen and oxygen atoms in total. The average molecular weight is 258 g/mol. The highest BCUT2D eigenvalue weighted by Gasteiger charge is 2.38. The molecule has 2 N–H and O–H groups in total. The summed E-state index contributed by atoms with van der Waals surface area (Å²) in [6, 6.07) is 1.92. The first-order valence-electron chi connectivity index (χ1n) is 5.89. The van der Waals surface area contributed by atoms with Gasteiger partial charge in [0.2, 0.25) is 0 Å². The van der Waals surface area contributed by atoms with Crippen molar-refractivity contribution in [2.24, 2.45) is 11.1 Å². The van der Waals surface area contributed by atoms with Crippen LogP contribution in [0.3, 0.4) is 0 Å². The van der Waals surface area contributed by atoms with E-state index < -0.39 is 5.41 Å². The second kappa shape index (κ2) is 9.83. The number of carbonyl (C=O) groups excluding carboxylic acids is 1. The molecule has 0 aromatic rings. The van der Waals surface area contributed by atoms with Gasteiger partial charge in [0, 0.05) is 34.0 Å². The van der Waals surface area contributed by atoms with Crippen LogP contribution < -0.4 is 5.73 Å². The number of methoxy groups -OCH3 is 2. The number of rotatable bonds is 10. The van der Waals surface area contributed by atoms with Gasteiger partial charge in [-0.05, 0) is 12.8 Å². The Morgan fingerprint density at radius 2 is 1.78 bits per heavy atom. The summed E-state index contributed by atoms with van der Waals surface area (Å²) in [6.07, 6.45) is 1.14. The van der Waals surface area contributed by atoms with E-state index in [-0.39, 0.29) is 25.5 Å². The lowest BCUT2D eigenvalue weighted by atomic mass is 9.81. The number of hydrogen-bond donors (Lipinski definition) is 1. The highest BCUT2D eigenvalue weighted by Crippen LogP contribution is 2.27. The first-order chi connectivity index (χ1) is 8.66. The van der Waals surface area contributed by atoms with E-state index in [9.17, 15) is 4.79 Å². The molecule has 0 fully saturated rings. The van der Waals surface area contributed by atoms with Crippen LogP contribution in [-0.2, 0) is 19.0 Å². The topological polar surface area (TPSA) is 94.6 Å². The van der Waals surface area contributed by atoms with Crippen LogP contribution in [0.1, 0.15) is 19.3 Å². The SMILES string of the molecule is COCCC(CN)(CCOC)C(=O)OCCC#N. The molecule has 0 aliphatic carbocycles. The van der Waals surface area contributed by atoms with Crippen LogP contribution in [0.2, 0.25) is 0 Å². The number of nitriles is 1. The maximum atomic E-state index is 12.1. The van der Waals surface area contributed by atoms with Gasteiger partial charge in [-0.2, -0.15) is 5.26 Å². The Morgan fingerprint density at radius 1 is 1.22 bits per heavy atom. The predicted molar refractivity (Wildman–Crippen MR) is 65.7 cm³/mol. The van der Waals surface area contributed by atoms with Gasteiger partial charge >= 0.3 is 5.97 Å². The molecule has 0 radical (unpaired) electrons. The Labute approximate surface area is 108 Å². The fraction of sp³-hybridized carbons (Fsp3) is 0.833. The highest BCUT2D eigenvalue weighted by atomic mass is 16.5. The molecule has 0 amide bonds. The first-order valence-corrected chi connectivity index (χ1v) is 5.89. The normalized spacial score (nSPS) is 11.0. The minimum atomic E-state index is -0.790. The number of carbonyl (C=O) groups is 1. The van der Waals surface area contributed by atoms with Gasteiger partial charge in [0.05, 0.1) is 17.9 Å². The minimum Gasteiger partial charge on any atom is -0.464 e. The Balaban J connectivity index is 4.58. The third-order valence-electron chi connectivity index (χ3n) is 2.84. The van der Waals surface area contributed by atoms with Crippen molar-refractivity contribution in [1.29, 1.82) is 5.26 Å². The largest absolute Gasteiger partial charge is 0.464 e. The molecule has 0 unspecified atom stereocenters. The fourth-order valence-corrected chi connectivity index (χ4v) is 1.55. The molecule has 0 spiro atoms. The van der Waals surface area contributed by atoms with Gasteiger partial charge in [0.25, 0.3) is 0 Å². The molecule has 0 bridgehead atoms. The van der Waals surface area contributed by atoms with E-state index >= 15 is 0 Å². The Hall–Kier alpha value is -1.16. The van der Waals surface area contributed by atoms with E-state index in [1.165, 1.54) is 0 Å². The second-order valence-corrected chi connectivity index (χ2v) is 4.01. The van der Waals surface area contributed by atoms with E-state index in [0.717, 1.165) is 0 Å². The third-order valence-corrected chi connectivity index (χ3v) is 2.84. The molecular formula is C12H22N2O4. The third kappa shape index (κ3) is 5.45. The summed E-state index contributed by atoms with van der Waals surface area (Å²) in [5, 5.41) is 8.42. The van der Waals surface area contributed by atoms with Gasteiger partial charge in [-0.1, -0.05) is 0 Å². The van der Waals surface area contributed by atoms with Crippen molar-refractivity contribution in [3.63, 3.8) is 0 Å². The van der Waals surface area contributed by atoms with E-state index in [0.29, 0.717) is 26.1 Å². The summed E-state index contributed by atoms with van der Waals surface area (Å²) in [5.74, 6) is -0.380. The molecule has 0 saturated carbocycles. The molecule has 18 heavy (non-hydrogen) atoms. The van der Waals surface area contributed by atoms with Crippen molar-refractivity contribution in [3.8, 4) is 6.07 Å². The summed E-state index contributed by atoms with van der Waals surface area (Å²) >= 11 is 0. The van der Waals surface area contributed by atoms with Crippen LogP contribution >= 0.6 is 0 Å². The van der Waals surface area contributed by atoms with Gasteiger partial charge in [0.15, 0.2) is 0 Å². The van der Waals surface area contributed by atoms with Crippen molar-refractivity contribution in [3.05, 3.63) is 0 Å². The number of hydrogen-bond acceptors (Lipinski definition) is 6. The Kier molecular flexibility index (Phi) is 9.19. The van der Waals surface area contributed by atoms with Crippen molar-refractivity contribution in [2.75, 3.05) is 40.6 Å². The number of ether oxygens (including phenoxy) is 3. The lowest BCUT2D eigenvalue weighted by Gasteiger charge is -2.29. The maximum Gasteiger partial charge on any atom is 0.313 e. The highest BCUT2D eigenvalue weighted by molar-refractivity contribution is 5.77. The molecule has 104 valence electrons. The van der Waals surface area contributed by atoms with Gasteiger partial charge in [-0.3, -0.25) is 4.79 Å². The summed E-state index contributed by atoms with van der Waals surface area (Å²) in [6.45, 7) is 1.12. The monoisotopic (exact) mass is 258 g/mol. The molecule has 0 aromatic heterocycles. The van der Waals surface area contributed by atoms with Crippen LogP contribution in [0, 0.1) is 16.7 Å². The van der Waals surface area contributed by atoms with Crippen LogP contribution in [0.25, 0.3) is 0 Å². The zero-order valence-corrected chi connectivity index (χ0v) is 11.1. The van der Waals surface area contributed by atoms with Crippen molar-refractivity contribution >= 4 is 5.97 Å². The quantitative estimate of drug-likeness (QED) is 0.452. The van der Waals surface area contributed by atoms with Crippen LogP contribution in [0.5, 0.6) is 0 Å². The molecule has 0 aliphatic heterocycles. The summed E-state index contributed by atoms with van der Waals surface area (Å²) in [5.41, 5.74) is 4.93. The van der Waals surface area contributed by atoms with E-state index in [1.54, 1.807) is 14.2 Å². The number of nitrogens with two attached hydrogens (primary N) is 1. The van der Waals surface area contributed by atoms with Gasteiger partial charge in [-0.25, -0.2) is 0 Å². The first kappa shape index (κ1) is 16.8. The lowest BCUT2D eigenvalue weighted by molar-refractivity contribution is -0.157. The standard InChI is InChI=1S/C12H22N2O4/c1-16-8-4-12(10-14,5-9-17-2)11(15)18-7-3-6-13/h3-5,7-10,14H2,1-2H3. The number of esters is 1. The summed E-state index contributed by atoms with van der Waals surface area (Å²) in [4.78, 5) is 12.1. The molecule has 0 aromatic carbocycles. The Morgan fingerprint density at radius 3 is 2.17 bits per heavy atom. The molecule has 0 rings (SSSR count). The van der Waals surface area contributed by atoms with E-state index in [2.05, 4.69) is 0 Å². The lowest BCUT2D eigenvalue weighted by Crippen LogP contribution is -2.42. The van der Waals surface area contributed by atoms with Gasteiger partial charge in [0.1, 0.15) is 6.61 Å². The fourth-order valence-electron chi connectivity index (χ4n) is 1.55. The smallest absolute Gasteiger partial charge is 0.313 e. The van der Waals surface area contributed by atoms with E-state index in [1.807, 2.05) is 6.07 Å². The van der Waals surface area contributed by atoms with Crippen LogP contribution in [0.4, 0.5) is 0 Å². The molecular weight excluding hydrogens is 236 g/mol. The molecule has 0 atom stereocenters. The minimum absolute atomic E-state index is 0.0943. The average Bonchev–Trinajstić information content (AvgIpc) is 2.40. The van der Waals surface area contributed by atoms with Crippen LogP contribution in [0.15, 0.2) is 0 Å². The van der Waals surface area contributed by atoms with E-state index in [4.69, 9.17) is 25.2 Å². The molecule has 6 heteroatoms. The van der Waals surface area contributed by atoms with Gasteiger partial charge < -0.3 is 19.9 Å². The summed E-state index contributed by atoms with van der Waals surface area (Å²) in [7, 11) is 3.14. The van der Waals surface area contributed by atoms with Crippen molar-refractivity contribution in [2.45, 2.75) is 19.3 Å². The molecule has 0 saturated heterocycles. The zero-order valence-electron chi connectivity index (χ0n) is 11.1. The molecule has 0 aliphatic rings. The van der Waals surface area contributed by atoms with Crippen LogP contribution in [-0.4, -0.2) is 46.6 Å². The number of nitrogens with zero attached hydrogens (tertiary/aromatic N) is 1. The molecule has 0 heterocycles. The predicted octanol–water partition coefficient (Wildman–Crippen LogP) is 0.461. The summed E-state index contributed by atoms with van der Waals surface area (Å²) < 4.78 is 15.1. The maximum absolute atomic E-state index is 12.1. The van der Waals surface area contributed by atoms with Gasteiger partial charge in [-0.15, -0.1) is 0 Å². The Bertz CT molecular complexity index is 268. The zero-order chi connectivity index (χ0) is 13.9.